The predicted molar refractivity (Wildman–Crippen MR) is 181 cm³/mol. The van der Waals surface area contributed by atoms with Gasteiger partial charge in [-0.1, -0.05) is 85.8 Å². The van der Waals surface area contributed by atoms with Crippen LogP contribution in [0, 0.1) is 10.1 Å². The average molecular weight is 664 g/mol. The molecule has 1 aliphatic rings. The van der Waals surface area contributed by atoms with Crippen molar-refractivity contribution in [2.45, 2.75) is 42.8 Å². The minimum Gasteiger partial charge on any atom is -0.463 e. The van der Waals surface area contributed by atoms with E-state index in [1.165, 1.54) is 10.6 Å². The fourth-order valence-electron chi connectivity index (χ4n) is 5.26. The fraction of sp³-hybridized carbons (Fsp3) is 0.171. The maximum atomic E-state index is 14.2. The van der Waals surface area contributed by atoms with E-state index in [0.29, 0.717) is 42.1 Å². The highest BCUT2D eigenvalue weighted by atomic mass is 32.2. The number of fused-ring (bicyclic) bond motifs is 1. The van der Waals surface area contributed by atoms with Crippen LogP contribution in [0.4, 0.5) is 5.69 Å². The van der Waals surface area contributed by atoms with E-state index in [9.17, 15) is 19.7 Å². The minimum atomic E-state index is -0.817. The van der Waals surface area contributed by atoms with Gasteiger partial charge in [0.15, 0.2) is 9.96 Å². The van der Waals surface area contributed by atoms with Crippen molar-refractivity contribution >= 4 is 46.5 Å². The Balaban J connectivity index is 1.54. The zero-order chi connectivity index (χ0) is 33.1. The van der Waals surface area contributed by atoms with Crippen LogP contribution in [0.1, 0.15) is 55.0 Å². The number of nitro benzene ring substituents is 1. The molecular weight excluding hydrogens is 635 g/mol. The molecule has 1 aliphatic heterocycles. The first-order chi connectivity index (χ1) is 22.7. The first-order valence-electron chi connectivity index (χ1n) is 14.9. The molecule has 0 N–H and O–H groups in total. The zero-order valence-electron chi connectivity index (χ0n) is 25.7. The quantitative estimate of drug-likeness (QED) is 0.0824. The summed E-state index contributed by atoms with van der Waals surface area (Å²) in [6.07, 6.45) is 4.74. The smallest absolute Gasteiger partial charge is 0.338 e. The summed E-state index contributed by atoms with van der Waals surface area (Å²) in [6, 6.07) is 22.8. The van der Waals surface area contributed by atoms with E-state index < -0.39 is 16.9 Å². The van der Waals surface area contributed by atoms with E-state index in [0.717, 1.165) is 34.2 Å². The molecule has 0 saturated carbocycles. The van der Waals surface area contributed by atoms with Crippen LogP contribution in [-0.4, -0.2) is 32.0 Å². The lowest BCUT2D eigenvalue weighted by Gasteiger charge is -2.26. The van der Waals surface area contributed by atoms with Crippen LogP contribution in [0.2, 0.25) is 0 Å². The summed E-state index contributed by atoms with van der Waals surface area (Å²) < 4.78 is 7.37. The van der Waals surface area contributed by atoms with Gasteiger partial charge in [-0.25, -0.2) is 19.8 Å². The van der Waals surface area contributed by atoms with E-state index in [2.05, 4.69) is 23.8 Å². The molecule has 1 atom stereocenters. The van der Waals surface area contributed by atoms with E-state index in [-0.39, 0.29) is 23.4 Å². The number of nitrogens with zero attached hydrogens (tertiary/aromatic N) is 5. The van der Waals surface area contributed by atoms with Gasteiger partial charge in [0.25, 0.3) is 11.2 Å². The molecule has 3 heterocycles. The Morgan fingerprint density at radius 3 is 2.45 bits per heavy atom. The van der Waals surface area contributed by atoms with Gasteiger partial charge in [0, 0.05) is 24.0 Å². The van der Waals surface area contributed by atoms with Crippen LogP contribution in [0.25, 0.3) is 11.8 Å². The van der Waals surface area contributed by atoms with Gasteiger partial charge < -0.3 is 4.74 Å². The Morgan fingerprint density at radius 2 is 1.79 bits per heavy atom. The van der Waals surface area contributed by atoms with Crippen LogP contribution in [-0.2, 0) is 9.53 Å². The van der Waals surface area contributed by atoms with Gasteiger partial charge in [-0.15, -0.1) is 0 Å². The largest absolute Gasteiger partial charge is 0.463 e. The highest BCUT2D eigenvalue weighted by Crippen LogP contribution is 2.36. The fourth-order valence-corrected chi connectivity index (χ4v) is 7.06. The summed E-state index contributed by atoms with van der Waals surface area (Å²) in [6.45, 7) is 6.08. The molecule has 0 spiro atoms. The van der Waals surface area contributed by atoms with Crippen LogP contribution in [0.3, 0.4) is 0 Å². The minimum absolute atomic E-state index is 0.136. The Bertz CT molecular complexity index is 2180. The number of rotatable bonds is 9. The number of thiazole rings is 1. The van der Waals surface area contributed by atoms with Gasteiger partial charge in [0.1, 0.15) is 0 Å². The third-order valence-electron chi connectivity index (χ3n) is 7.51. The molecule has 0 bridgehead atoms. The highest BCUT2D eigenvalue weighted by molar-refractivity contribution is 7.99. The van der Waals surface area contributed by atoms with Gasteiger partial charge in [0.2, 0.25) is 0 Å². The summed E-state index contributed by atoms with van der Waals surface area (Å²) in [7, 11) is 0. The molecule has 0 unspecified atom stereocenters. The Hall–Kier alpha value is -5.20. The van der Waals surface area contributed by atoms with Crippen LogP contribution < -0.4 is 14.9 Å². The van der Waals surface area contributed by atoms with E-state index in [4.69, 9.17) is 9.73 Å². The summed E-state index contributed by atoms with van der Waals surface area (Å²) in [5, 5.41) is 12.4. The van der Waals surface area contributed by atoms with E-state index >= 15 is 0 Å². The highest BCUT2D eigenvalue weighted by Gasteiger charge is 2.35. The maximum absolute atomic E-state index is 14.2. The first-order valence-corrected chi connectivity index (χ1v) is 16.5. The molecule has 5 aromatic rings. The molecule has 3 aromatic carbocycles. The van der Waals surface area contributed by atoms with Crippen molar-refractivity contribution < 1.29 is 14.5 Å². The summed E-state index contributed by atoms with van der Waals surface area (Å²) >= 11 is 2.24. The van der Waals surface area contributed by atoms with Crippen molar-refractivity contribution in [3.63, 3.8) is 0 Å². The van der Waals surface area contributed by atoms with Crippen LogP contribution >= 0.6 is 23.1 Å². The second kappa shape index (κ2) is 13.7. The number of benzene rings is 3. The van der Waals surface area contributed by atoms with Gasteiger partial charge in [0.05, 0.1) is 38.3 Å². The van der Waals surface area contributed by atoms with Gasteiger partial charge in [-0.3, -0.25) is 19.5 Å². The van der Waals surface area contributed by atoms with Crippen molar-refractivity contribution in [2.24, 2.45) is 4.99 Å². The summed E-state index contributed by atoms with van der Waals surface area (Å²) in [4.78, 5) is 53.4. The molecule has 12 heteroatoms. The molecule has 0 aliphatic carbocycles. The van der Waals surface area contributed by atoms with Gasteiger partial charge in [-0.2, -0.15) is 0 Å². The van der Waals surface area contributed by atoms with Crippen molar-refractivity contribution in [3.8, 4) is 0 Å². The summed E-state index contributed by atoms with van der Waals surface area (Å²) in [5.41, 5.74) is 3.20. The summed E-state index contributed by atoms with van der Waals surface area (Å²) in [5.74, 6) is -0.270. The third kappa shape index (κ3) is 6.56. The van der Waals surface area contributed by atoms with Crippen molar-refractivity contribution in [3.05, 3.63) is 149 Å². The average Bonchev–Trinajstić information content (AvgIpc) is 3.39. The zero-order valence-corrected chi connectivity index (χ0v) is 27.3. The SMILES string of the molecule is CCOC(=O)C1=C(c2ccccc2)N=c2s/c(=C/c3ccc(Sc4ncccn4)c([N+](=O)[O-])c3)c(=O)n2[C@@H]1c1ccc(C(C)C)cc1. The molecule has 0 fully saturated rings. The monoisotopic (exact) mass is 663 g/mol. The second-order valence-corrected chi connectivity index (χ2v) is 12.9. The standard InChI is InChI=1S/C35H29N5O5S2/c1-4-45-33(42)29-30(24-9-6-5-7-10-24)38-35-39(31(29)25-14-12-23(13-15-25)21(2)3)32(41)28(47-35)20-22-11-16-27(26(19-22)40(43)44)46-34-36-17-8-18-37-34/h5-21,31H,4H2,1-3H3/b28-20+/t31-/m1/s1. The molecule has 47 heavy (non-hydrogen) atoms. The maximum Gasteiger partial charge on any atom is 0.338 e. The molecule has 236 valence electrons. The number of aromatic nitrogens is 3. The molecule has 0 saturated heterocycles. The van der Waals surface area contributed by atoms with Gasteiger partial charge >= 0.3 is 5.97 Å². The lowest BCUT2D eigenvalue weighted by molar-refractivity contribution is -0.387. The Labute approximate surface area is 278 Å². The Kier molecular flexibility index (Phi) is 9.23. The number of hydrogen-bond donors (Lipinski definition) is 0. The molecular formula is C35H29N5O5S2. The van der Waals surface area contributed by atoms with E-state index in [1.54, 1.807) is 43.6 Å². The molecule has 10 nitrogen and oxygen atoms in total. The van der Waals surface area contributed by atoms with Crippen molar-refractivity contribution in [1.29, 1.82) is 0 Å². The number of esters is 1. The molecule has 0 amide bonds. The van der Waals surface area contributed by atoms with Crippen LogP contribution in [0.5, 0.6) is 0 Å². The molecule has 6 rings (SSSR count). The van der Waals surface area contributed by atoms with E-state index in [1.807, 2.05) is 54.6 Å². The normalized spacial score (nSPS) is 14.6. The Morgan fingerprint density at radius 1 is 1.06 bits per heavy atom. The van der Waals surface area contributed by atoms with Crippen LogP contribution in [0.15, 0.2) is 117 Å². The predicted octanol–water partition coefficient (Wildman–Crippen LogP) is 5.91. The lowest BCUT2D eigenvalue weighted by Crippen LogP contribution is -2.40. The molecule has 0 radical (unpaired) electrons. The second-order valence-electron chi connectivity index (χ2n) is 10.9. The van der Waals surface area contributed by atoms with Crippen molar-refractivity contribution in [2.75, 3.05) is 6.61 Å². The number of nitro groups is 1. The topological polar surface area (TPSA) is 130 Å². The number of carbonyl (C=O) groups is 1. The van der Waals surface area contributed by atoms with Gasteiger partial charge in [-0.05, 0) is 59.5 Å². The first kappa shape index (κ1) is 31.8. The number of carbonyl (C=O) groups excluding carboxylic acids is 1. The number of ether oxygens (including phenoxy) is 1. The van der Waals surface area contributed by atoms with Crippen molar-refractivity contribution in [1.82, 2.24) is 14.5 Å². The third-order valence-corrected chi connectivity index (χ3v) is 9.45. The molecule has 2 aromatic heterocycles. The lowest BCUT2D eigenvalue weighted by atomic mass is 9.91. The number of hydrogen-bond acceptors (Lipinski definition) is 10.